The zero-order valence-electron chi connectivity index (χ0n) is 13.1. The molecule has 0 saturated heterocycles. The Morgan fingerprint density at radius 2 is 2.10 bits per heavy atom. The molecular weight excluding hydrogens is 300 g/mol. The molecular formula is C17H23ClN2S. The van der Waals surface area contributed by atoms with E-state index < -0.39 is 0 Å². The second kappa shape index (κ2) is 6.91. The lowest BCUT2D eigenvalue weighted by Gasteiger charge is -2.25. The minimum Gasteiger partial charge on any atom is -0.311 e. The van der Waals surface area contributed by atoms with Crippen molar-refractivity contribution in [1.29, 1.82) is 0 Å². The average molecular weight is 323 g/mol. The molecule has 1 atom stereocenters. The molecule has 0 aliphatic rings. The largest absolute Gasteiger partial charge is 0.311 e. The fourth-order valence-corrected chi connectivity index (χ4v) is 3.26. The smallest absolute Gasteiger partial charge is 0.0934 e. The van der Waals surface area contributed by atoms with Crippen LogP contribution in [0.5, 0.6) is 0 Å². The molecule has 1 aromatic heterocycles. The number of benzene rings is 1. The van der Waals surface area contributed by atoms with E-state index in [0.717, 1.165) is 23.7 Å². The van der Waals surface area contributed by atoms with Crippen molar-refractivity contribution in [3.8, 4) is 0 Å². The Balaban J connectivity index is 2.17. The van der Waals surface area contributed by atoms with E-state index in [1.54, 1.807) is 11.3 Å². The lowest BCUT2D eigenvalue weighted by Crippen LogP contribution is -2.39. The molecule has 1 unspecified atom stereocenters. The summed E-state index contributed by atoms with van der Waals surface area (Å²) >= 11 is 7.89. The molecule has 2 nitrogen and oxygen atoms in total. The minimum absolute atomic E-state index is 0.107. The summed E-state index contributed by atoms with van der Waals surface area (Å²) in [6.45, 7) is 9.53. The van der Waals surface area contributed by atoms with Crippen LogP contribution in [0.15, 0.2) is 29.6 Å². The number of aromatic nitrogens is 1. The molecule has 4 heteroatoms. The third kappa shape index (κ3) is 5.42. The number of nitrogens with one attached hydrogen (secondary N) is 1. The van der Waals surface area contributed by atoms with Gasteiger partial charge >= 0.3 is 0 Å². The predicted octanol–water partition coefficient (Wildman–Crippen LogP) is 4.82. The van der Waals surface area contributed by atoms with Crippen LogP contribution in [0.25, 0.3) is 0 Å². The number of aryl methyl sites for hydroxylation is 1. The van der Waals surface area contributed by atoms with Crippen LogP contribution in [0.2, 0.25) is 5.02 Å². The fraction of sp³-hybridized carbons (Fsp3) is 0.471. The van der Waals surface area contributed by atoms with Crippen LogP contribution >= 0.6 is 22.9 Å². The van der Waals surface area contributed by atoms with Crippen LogP contribution in [-0.4, -0.2) is 17.1 Å². The summed E-state index contributed by atoms with van der Waals surface area (Å²) in [5, 5.41) is 7.70. The number of nitrogens with zero attached hydrogens (tertiary/aromatic N) is 1. The van der Waals surface area contributed by atoms with Crippen molar-refractivity contribution in [2.24, 2.45) is 0 Å². The molecule has 0 fully saturated rings. The molecule has 0 saturated carbocycles. The first-order valence-electron chi connectivity index (χ1n) is 7.25. The molecule has 1 N–H and O–H groups in total. The summed E-state index contributed by atoms with van der Waals surface area (Å²) in [7, 11) is 0. The van der Waals surface area contributed by atoms with E-state index in [4.69, 9.17) is 11.6 Å². The van der Waals surface area contributed by atoms with Gasteiger partial charge in [0.25, 0.3) is 0 Å². The summed E-state index contributed by atoms with van der Waals surface area (Å²) in [5.41, 5.74) is 2.48. The predicted molar refractivity (Wildman–Crippen MR) is 92.5 cm³/mol. The molecule has 0 aliphatic carbocycles. The molecule has 114 valence electrons. The highest BCUT2D eigenvalue weighted by molar-refractivity contribution is 7.09. The van der Waals surface area contributed by atoms with Gasteiger partial charge in [-0.25, -0.2) is 4.98 Å². The Bertz CT molecular complexity index is 586. The van der Waals surface area contributed by atoms with Crippen LogP contribution in [0.1, 0.15) is 43.0 Å². The van der Waals surface area contributed by atoms with Gasteiger partial charge in [-0.1, -0.05) is 23.7 Å². The normalized spacial score (nSPS) is 13.4. The maximum Gasteiger partial charge on any atom is 0.0934 e. The summed E-state index contributed by atoms with van der Waals surface area (Å²) in [5.74, 6) is 0.383. The maximum atomic E-state index is 6.15. The molecule has 1 aromatic carbocycles. The molecule has 0 radical (unpaired) electrons. The van der Waals surface area contributed by atoms with Gasteiger partial charge < -0.3 is 5.32 Å². The molecule has 1 heterocycles. The third-order valence-electron chi connectivity index (χ3n) is 3.29. The molecule has 21 heavy (non-hydrogen) atoms. The second-order valence-corrected chi connectivity index (χ2v) is 7.85. The van der Waals surface area contributed by atoms with Gasteiger partial charge in [0, 0.05) is 40.5 Å². The van der Waals surface area contributed by atoms with Crippen LogP contribution in [0, 0.1) is 6.92 Å². The Morgan fingerprint density at radius 1 is 1.33 bits per heavy atom. The molecule has 0 bridgehead atoms. The van der Waals surface area contributed by atoms with E-state index in [2.05, 4.69) is 48.6 Å². The van der Waals surface area contributed by atoms with E-state index in [1.807, 2.05) is 19.1 Å². The van der Waals surface area contributed by atoms with Gasteiger partial charge in [-0.15, -0.1) is 11.3 Å². The van der Waals surface area contributed by atoms with Gasteiger partial charge in [0.1, 0.15) is 0 Å². The number of rotatable bonds is 5. The summed E-state index contributed by atoms with van der Waals surface area (Å²) < 4.78 is 0. The van der Waals surface area contributed by atoms with Crippen LogP contribution in [0.3, 0.4) is 0 Å². The lowest BCUT2D eigenvalue weighted by atomic mass is 9.94. The first-order chi connectivity index (χ1) is 9.83. The molecule has 2 aromatic rings. The van der Waals surface area contributed by atoms with E-state index in [0.29, 0.717) is 5.92 Å². The quantitative estimate of drug-likeness (QED) is 0.853. The van der Waals surface area contributed by atoms with Crippen LogP contribution in [0.4, 0.5) is 0 Å². The van der Waals surface area contributed by atoms with E-state index in [1.165, 1.54) is 10.6 Å². The molecule has 0 spiro atoms. The lowest BCUT2D eigenvalue weighted by molar-refractivity contribution is 0.405. The van der Waals surface area contributed by atoms with Crippen molar-refractivity contribution in [3.05, 3.63) is 50.9 Å². The Labute approximate surface area is 136 Å². The third-order valence-corrected chi connectivity index (χ3v) is 4.51. The van der Waals surface area contributed by atoms with Gasteiger partial charge in [0.15, 0.2) is 0 Å². The summed E-state index contributed by atoms with van der Waals surface area (Å²) in [6, 6.07) is 8.17. The highest BCUT2D eigenvalue weighted by atomic mass is 35.5. The zero-order valence-corrected chi connectivity index (χ0v) is 14.7. The first kappa shape index (κ1) is 16.5. The second-order valence-electron chi connectivity index (χ2n) is 6.47. The number of hydrogen-bond donors (Lipinski definition) is 1. The zero-order chi connectivity index (χ0) is 15.5. The average Bonchev–Trinajstić information content (AvgIpc) is 2.79. The maximum absolute atomic E-state index is 6.15. The number of halogens is 1. The van der Waals surface area contributed by atoms with E-state index in [-0.39, 0.29) is 5.54 Å². The van der Waals surface area contributed by atoms with Crippen molar-refractivity contribution in [1.82, 2.24) is 10.3 Å². The number of hydrogen-bond acceptors (Lipinski definition) is 3. The monoisotopic (exact) mass is 322 g/mol. The SMILES string of the molecule is Cc1csc(CC(CNC(C)(C)C)c2cccc(Cl)c2)n1. The van der Waals surface area contributed by atoms with Crippen LogP contribution < -0.4 is 5.32 Å². The van der Waals surface area contributed by atoms with Crippen molar-refractivity contribution < 1.29 is 0 Å². The fourth-order valence-electron chi connectivity index (χ4n) is 2.21. The van der Waals surface area contributed by atoms with Gasteiger partial charge in [-0.2, -0.15) is 0 Å². The molecule has 2 rings (SSSR count). The summed E-state index contributed by atoms with van der Waals surface area (Å²) in [6.07, 6.45) is 0.946. The number of thiazole rings is 1. The highest BCUT2D eigenvalue weighted by Gasteiger charge is 2.18. The highest BCUT2D eigenvalue weighted by Crippen LogP contribution is 2.25. The van der Waals surface area contributed by atoms with E-state index in [9.17, 15) is 0 Å². The minimum atomic E-state index is 0.107. The van der Waals surface area contributed by atoms with Gasteiger partial charge in [0.05, 0.1) is 5.01 Å². The topological polar surface area (TPSA) is 24.9 Å². The standard InChI is InChI=1S/C17H23ClN2S/c1-12-11-21-16(20-12)9-14(10-19-17(2,3)4)13-6-5-7-15(18)8-13/h5-8,11,14,19H,9-10H2,1-4H3. The molecule has 0 aliphatic heterocycles. The Hall–Kier alpha value is -0.900. The summed E-state index contributed by atoms with van der Waals surface area (Å²) in [4.78, 5) is 4.60. The van der Waals surface area contributed by atoms with Gasteiger partial charge in [0.2, 0.25) is 0 Å². The van der Waals surface area contributed by atoms with Crippen molar-refractivity contribution in [2.45, 2.75) is 45.6 Å². The van der Waals surface area contributed by atoms with Crippen molar-refractivity contribution in [3.63, 3.8) is 0 Å². The Morgan fingerprint density at radius 3 is 2.67 bits per heavy atom. The van der Waals surface area contributed by atoms with E-state index >= 15 is 0 Å². The van der Waals surface area contributed by atoms with Crippen LogP contribution in [-0.2, 0) is 6.42 Å². The first-order valence-corrected chi connectivity index (χ1v) is 8.51. The van der Waals surface area contributed by atoms with Crippen molar-refractivity contribution in [2.75, 3.05) is 6.54 Å². The molecule has 0 amide bonds. The van der Waals surface area contributed by atoms with Gasteiger partial charge in [-0.05, 0) is 45.4 Å². The van der Waals surface area contributed by atoms with Crippen molar-refractivity contribution >= 4 is 22.9 Å². The Kier molecular flexibility index (Phi) is 5.42. The van der Waals surface area contributed by atoms with Gasteiger partial charge in [-0.3, -0.25) is 0 Å².